The molecule has 0 radical (unpaired) electrons. The van der Waals surface area contributed by atoms with Gasteiger partial charge in [-0.15, -0.1) is 0 Å². The Labute approximate surface area is 57.9 Å². The second-order valence-corrected chi connectivity index (χ2v) is 2.20. The summed E-state index contributed by atoms with van der Waals surface area (Å²) >= 11 is 0. The monoisotopic (exact) mass is 133 g/mol. The Kier molecular flexibility index (Phi) is 0.974. The first kappa shape index (κ1) is 5.41. The van der Waals surface area contributed by atoms with Gasteiger partial charge in [-0.25, -0.2) is 9.97 Å². The molecule has 0 bridgehead atoms. The van der Waals surface area contributed by atoms with Crippen molar-refractivity contribution in [3.63, 3.8) is 0 Å². The van der Waals surface area contributed by atoms with Crippen LogP contribution in [0.5, 0.6) is 0 Å². The highest BCUT2D eigenvalue weighted by Crippen LogP contribution is 1.89. The number of hydrogen-bond acceptors (Lipinski definition) is 3. The predicted octanol–water partition coefficient (Wildman–Crippen LogP) is -0.976. The largest absolute Gasteiger partial charge is 0.383 e. The Morgan fingerprint density at radius 3 is 3.00 bits per heavy atom. The normalized spacial score (nSPS) is 13.6. The van der Waals surface area contributed by atoms with E-state index in [1.165, 1.54) is 6.33 Å². The van der Waals surface area contributed by atoms with Crippen LogP contribution >= 0.6 is 0 Å². The molecular formula is C7H7N3. The van der Waals surface area contributed by atoms with Crippen molar-refractivity contribution in [3.8, 4) is 0 Å². The average Bonchev–Trinajstić information content (AvgIpc) is 2.36. The van der Waals surface area contributed by atoms with Gasteiger partial charge in [0.15, 0.2) is 0 Å². The molecule has 1 aliphatic rings. The molecule has 1 aliphatic carbocycles. The van der Waals surface area contributed by atoms with Crippen molar-refractivity contribution in [2.45, 2.75) is 6.42 Å². The number of anilines is 1. The lowest BCUT2D eigenvalue weighted by Crippen LogP contribution is -2.28. The lowest BCUT2D eigenvalue weighted by Gasteiger charge is -1.88. The molecule has 3 heteroatoms. The highest BCUT2D eigenvalue weighted by Gasteiger charge is 1.96. The standard InChI is InChI=1S/C7H7N3/c8-7-5-2-1-3-6(5)9-4-10-7/h2-4H,1H2,(H2,8,9,10). The van der Waals surface area contributed by atoms with E-state index in [2.05, 4.69) is 9.97 Å². The number of nitrogen functional groups attached to an aromatic ring is 1. The average molecular weight is 133 g/mol. The van der Waals surface area contributed by atoms with Crippen LogP contribution in [-0.4, -0.2) is 9.97 Å². The number of nitrogens with zero attached hydrogens (tertiary/aromatic N) is 2. The molecule has 3 nitrogen and oxygen atoms in total. The Hall–Kier alpha value is -1.38. The van der Waals surface area contributed by atoms with Crippen LogP contribution in [0.3, 0.4) is 0 Å². The second-order valence-electron chi connectivity index (χ2n) is 2.20. The predicted molar refractivity (Wildman–Crippen MR) is 39.2 cm³/mol. The van der Waals surface area contributed by atoms with Gasteiger partial charge >= 0.3 is 0 Å². The molecule has 0 aromatic carbocycles. The summed E-state index contributed by atoms with van der Waals surface area (Å²) in [6.45, 7) is 0. The quantitative estimate of drug-likeness (QED) is 0.495. The Morgan fingerprint density at radius 1 is 1.30 bits per heavy atom. The van der Waals surface area contributed by atoms with E-state index < -0.39 is 0 Å². The van der Waals surface area contributed by atoms with E-state index in [0.717, 1.165) is 17.0 Å². The molecule has 1 heterocycles. The molecule has 10 heavy (non-hydrogen) atoms. The van der Waals surface area contributed by atoms with Crippen molar-refractivity contribution >= 4 is 18.0 Å². The molecule has 1 aromatic rings. The van der Waals surface area contributed by atoms with E-state index >= 15 is 0 Å². The van der Waals surface area contributed by atoms with Gasteiger partial charge in [0.05, 0.1) is 5.35 Å². The molecule has 0 amide bonds. The highest BCUT2D eigenvalue weighted by atomic mass is 14.9. The second kappa shape index (κ2) is 1.80. The zero-order valence-electron chi connectivity index (χ0n) is 5.41. The fourth-order valence-corrected chi connectivity index (χ4v) is 1.08. The Morgan fingerprint density at radius 2 is 2.20 bits per heavy atom. The van der Waals surface area contributed by atoms with E-state index in [9.17, 15) is 0 Å². The molecule has 2 N–H and O–H groups in total. The Bertz CT molecular complexity index is 367. The van der Waals surface area contributed by atoms with Crippen LogP contribution in [0.1, 0.15) is 6.42 Å². The minimum atomic E-state index is 0.582. The van der Waals surface area contributed by atoms with Gasteiger partial charge in [0, 0.05) is 5.22 Å². The lowest BCUT2D eigenvalue weighted by atomic mass is 10.4. The number of aromatic nitrogens is 2. The summed E-state index contributed by atoms with van der Waals surface area (Å²) < 4.78 is 0. The van der Waals surface area contributed by atoms with Crippen LogP contribution in [0, 0.1) is 0 Å². The van der Waals surface area contributed by atoms with E-state index in [0.29, 0.717) is 5.82 Å². The number of nitrogens with two attached hydrogens (primary N) is 1. The molecule has 0 unspecified atom stereocenters. The van der Waals surface area contributed by atoms with E-state index in [-0.39, 0.29) is 0 Å². The maximum absolute atomic E-state index is 5.57. The summed E-state index contributed by atoms with van der Waals surface area (Å²) in [5, 5.41) is 1.95. The fourth-order valence-electron chi connectivity index (χ4n) is 1.08. The van der Waals surface area contributed by atoms with Crippen molar-refractivity contribution in [1.29, 1.82) is 0 Å². The van der Waals surface area contributed by atoms with Gasteiger partial charge in [-0.05, 0) is 6.42 Å². The summed E-state index contributed by atoms with van der Waals surface area (Å²) in [6, 6.07) is 0. The van der Waals surface area contributed by atoms with Gasteiger partial charge in [-0.3, -0.25) is 0 Å². The zero-order chi connectivity index (χ0) is 6.97. The topological polar surface area (TPSA) is 51.8 Å². The van der Waals surface area contributed by atoms with Crippen LogP contribution in [0.15, 0.2) is 6.33 Å². The van der Waals surface area contributed by atoms with E-state index in [1.54, 1.807) is 0 Å². The molecule has 0 saturated carbocycles. The number of rotatable bonds is 0. The minimum Gasteiger partial charge on any atom is -0.383 e. The maximum Gasteiger partial charge on any atom is 0.134 e. The van der Waals surface area contributed by atoms with Crippen molar-refractivity contribution in [1.82, 2.24) is 9.97 Å². The molecular weight excluding hydrogens is 126 g/mol. The van der Waals surface area contributed by atoms with Crippen molar-refractivity contribution in [2.75, 3.05) is 5.73 Å². The Balaban J connectivity index is 2.97. The fraction of sp³-hybridized carbons (Fsp3) is 0.143. The molecule has 50 valence electrons. The van der Waals surface area contributed by atoms with Gasteiger partial charge in [0.1, 0.15) is 12.1 Å². The SMILES string of the molecule is Nc1ncnc2c1=CCC=2. The lowest BCUT2D eigenvalue weighted by molar-refractivity contribution is 1.12. The smallest absolute Gasteiger partial charge is 0.134 e. The summed E-state index contributed by atoms with van der Waals surface area (Å²) in [6.07, 6.45) is 6.49. The van der Waals surface area contributed by atoms with E-state index in [4.69, 9.17) is 5.73 Å². The molecule has 0 aliphatic heterocycles. The van der Waals surface area contributed by atoms with Crippen LogP contribution in [0.2, 0.25) is 0 Å². The first-order chi connectivity index (χ1) is 4.88. The third kappa shape index (κ3) is 0.603. The third-order valence-electron chi connectivity index (χ3n) is 1.58. The first-order valence-electron chi connectivity index (χ1n) is 3.15. The van der Waals surface area contributed by atoms with E-state index in [1.807, 2.05) is 12.2 Å². The first-order valence-corrected chi connectivity index (χ1v) is 3.15. The van der Waals surface area contributed by atoms with Crippen LogP contribution in [0.4, 0.5) is 5.82 Å². The van der Waals surface area contributed by atoms with Gasteiger partial charge in [-0.2, -0.15) is 0 Å². The summed E-state index contributed by atoms with van der Waals surface area (Å²) in [7, 11) is 0. The molecule has 0 atom stereocenters. The highest BCUT2D eigenvalue weighted by molar-refractivity contribution is 5.50. The maximum atomic E-state index is 5.57. The molecule has 0 saturated heterocycles. The number of fused-ring (bicyclic) bond motifs is 1. The van der Waals surface area contributed by atoms with Crippen molar-refractivity contribution in [3.05, 3.63) is 16.9 Å². The molecule has 0 fully saturated rings. The molecule has 2 rings (SSSR count). The summed E-state index contributed by atoms with van der Waals surface area (Å²) in [5.41, 5.74) is 5.57. The summed E-state index contributed by atoms with van der Waals surface area (Å²) in [5.74, 6) is 0.582. The van der Waals surface area contributed by atoms with Gasteiger partial charge in [-0.1, -0.05) is 12.2 Å². The van der Waals surface area contributed by atoms with Gasteiger partial charge in [0.2, 0.25) is 0 Å². The van der Waals surface area contributed by atoms with Crippen molar-refractivity contribution in [2.24, 2.45) is 0 Å². The zero-order valence-corrected chi connectivity index (χ0v) is 5.41. The van der Waals surface area contributed by atoms with Crippen molar-refractivity contribution < 1.29 is 0 Å². The molecule has 1 aromatic heterocycles. The van der Waals surface area contributed by atoms with Crippen LogP contribution < -0.4 is 16.3 Å². The number of hydrogen-bond donors (Lipinski definition) is 1. The van der Waals surface area contributed by atoms with Crippen LogP contribution in [0.25, 0.3) is 12.2 Å². The third-order valence-corrected chi connectivity index (χ3v) is 1.58. The minimum absolute atomic E-state index is 0.582. The molecule has 0 spiro atoms. The van der Waals surface area contributed by atoms with Crippen LogP contribution in [-0.2, 0) is 0 Å². The van der Waals surface area contributed by atoms with Gasteiger partial charge in [0.25, 0.3) is 0 Å². The summed E-state index contributed by atoms with van der Waals surface area (Å²) in [4.78, 5) is 7.91. The van der Waals surface area contributed by atoms with Gasteiger partial charge < -0.3 is 5.73 Å².